The highest BCUT2D eigenvalue weighted by molar-refractivity contribution is 5.22. The molecule has 2 unspecified atom stereocenters. The lowest BCUT2D eigenvalue weighted by molar-refractivity contribution is 0.151. The molecule has 0 aliphatic carbocycles. The van der Waals surface area contributed by atoms with Gasteiger partial charge in [0.1, 0.15) is 11.6 Å². The third-order valence-corrected chi connectivity index (χ3v) is 4.04. The summed E-state index contributed by atoms with van der Waals surface area (Å²) in [5.41, 5.74) is 6.46. The van der Waals surface area contributed by atoms with Gasteiger partial charge < -0.3 is 10.6 Å². The zero-order chi connectivity index (χ0) is 13.8. The van der Waals surface area contributed by atoms with E-state index in [0.29, 0.717) is 18.2 Å². The van der Waals surface area contributed by atoms with Crippen molar-refractivity contribution in [3.8, 4) is 0 Å². The number of likely N-dealkylation sites (tertiary alicyclic amines) is 1. The summed E-state index contributed by atoms with van der Waals surface area (Å²) in [5, 5.41) is 0. The largest absolute Gasteiger partial charge is 0.330 e. The van der Waals surface area contributed by atoms with Crippen LogP contribution in [0.4, 0.5) is 8.78 Å². The summed E-state index contributed by atoms with van der Waals surface area (Å²) in [4.78, 5) is 2.38. The monoisotopic (exact) mass is 268 g/mol. The summed E-state index contributed by atoms with van der Waals surface area (Å²) in [6.45, 7) is 4.45. The Balaban J connectivity index is 2.10. The summed E-state index contributed by atoms with van der Waals surface area (Å²) in [7, 11) is 0. The maximum Gasteiger partial charge on any atom is 0.126 e. The first-order valence-electron chi connectivity index (χ1n) is 7.00. The number of halogens is 2. The van der Waals surface area contributed by atoms with Crippen molar-refractivity contribution >= 4 is 0 Å². The van der Waals surface area contributed by atoms with Crippen LogP contribution < -0.4 is 5.73 Å². The zero-order valence-electron chi connectivity index (χ0n) is 11.4. The second kappa shape index (κ2) is 6.44. The highest BCUT2D eigenvalue weighted by Gasteiger charge is 2.22. The molecule has 1 heterocycles. The molecule has 2 atom stereocenters. The van der Waals surface area contributed by atoms with Crippen molar-refractivity contribution in [3.05, 3.63) is 35.4 Å². The van der Waals surface area contributed by atoms with E-state index in [-0.39, 0.29) is 5.92 Å². The lowest BCUT2D eigenvalue weighted by atomic mass is 9.95. The first kappa shape index (κ1) is 14.4. The average molecular weight is 268 g/mol. The Morgan fingerprint density at radius 2 is 1.95 bits per heavy atom. The molecule has 2 N–H and O–H groups in total. The number of hydrogen-bond acceptors (Lipinski definition) is 2. The van der Waals surface area contributed by atoms with E-state index < -0.39 is 11.6 Å². The SMILES string of the molecule is CC1CCCCN1CC(CN)c1cc(F)cc(F)c1. The van der Waals surface area contributed by atoms with Gasteiger partial charge in [-0.15, -0.1) is 0 Å². The third kappa shape index (κ3) is 3.74. The van der Waals surface area contributed by atoms with E-state index in [2.05, 4.69) is 11.8 Å². The van der Waals surface area contributed by atoms with Crippen molar-refractivity contribution in [2.75, 3.05) is 19.6 Å². The molecular formula is C15H22F2N2. The van der Waals surface area contributed by atoms with Crippen molar-refractivity contribution < 1.29 is 8.78 Å². The summed E-state index contributed by atoms with van der Waals surface area (Å²) in [5.74, 6) is -1.06. The molecule has 1 aliphatic rings. The van der Waals surface area contributed by atoms with Gasteiger partial charge in [-0.25, -0.2) is 8.78 Å². The molecule has 1 aliphatic heterocycles. The van der Waals surface area contributed by atoms with Gasteiger partial charge in [0.25, 0.3) is 0 Å². The topological polar surface area (TPSA) is 29.3 Å². The quantitative estimate of drug-likeness (QED) is 0.909. The average Bonchev–Trinajstić information content (AvgIpc) is 2.36. The molecule has 0 aromatic heterocycles. The molecule has 0 bridgehead atoms. The number of rotatable bonds is 4. The number of nitrogens with two attached hydrogens (primary N) is 1. The van der Waals surface area contributed by atoms with Gasteiger partial charge in [-0.3, -0.25) is 0 Å². The van der Waals surface area contributed by atoms with Crippen LogP contribution in [0, 0.1) is 11.6 Å². The Morgan fingerprint density at radius 1 is 1.26 bits per heavy atom. The lowest BCUT2D eigenvalue weighted by Gasteiger charge is -2.35. The first-order chi connectivity index (χ1) is 9.10. The zero-order valence-corrected chi connectivity index (χ0v) is 11.4. The van der Waals surface area contributed by atoms with Crippen LogP contribution in [0.1, 0.15) is 37.7 Å². The van der Waals surface area contributed by atoms with E-state index in [4.69, 9.17) is 5.73 Å². The van der Waals surface area contributed by atoms with Crippen LogP contribution >= 0.6 is 0 Å². The van der Waals surface area contributed by atoms with Crippen LogP contribution in [0.15, 0.2) is 18.2 Å². The Morgan fingerprint density at radius 3 is 2.53 bits per heavy atom. The second-order valence-corrected chi connectivity index (χ2v) is 5.48. The number of hydrogen-bond donors (Lipinski definition) is 1. The second-order valence-electron chi connectivity index (χ2n) is 5.48. The lowest BCUT2D eigenvalue weighted by Crippen LogP contribution is -2.41. The van der Waals surface area contributed by atoms with Gasteiger partial charge in [-0.2, -0.15) is 0 Å². The van der Waals surface area contributed by atoms with E-state index in [9.17, 15) is 8.78 Å². The number of nitrogens with zero attached hydrogens (tertiary/aromatic N) is 1. The molecule has 2 rings (SSSR count). The van der Waals surface area contributed by atoms with Gasteiger partial charge in [0.05, 0.1) is 0 Å². The highest BCUT2D eigenvalue weighted by atomic mass is 19.1. The molecule has 1 aromatic carbocycles. The van der Waals surface area contributed by atoms with Crippen LogP contribution in [0.5, 0.6) is 0 Å². The molecule has 2 nitrogen and oxygen atoms in total. The Labute approximate surface area is 113 Å². The molecular weight excluding hydrogens is 246 g/mol. The number of benzene rings is 1. The van der Waals surface area contributed by atoms with Crippen LogP contribution in [0.25, 0.3) is 0 Å². The minimum atomic E-state index is -0.528. The first-order valence-corrected chi connectivity index (χ1v) is 7.00. The fraction of sp³-hybridized carbons (Fsp3) is 0.600. The molecule has 0 saturated carbocycles. The van der Waals surface area contributed by atoms with Crippen LogP contribution in [0.2, 0.25) is 0 Å². The van der Waals surface area contributed by atoms with Gasteiger partial charge >= 0.3 is 0 Å². The molecule has 106 valence electrons. The number of piperidine rings is 1. The Bertz CT molecular complexity index is 402. The summed E-state index contributed by atoms with van der Waals surface area (Å²) < 4.78 is 26.6. The molecule has 0 spiro atoms. The predicted molar refractivity (Wildman–Crippen MR) is 73.0 cm³/mol. The summed E-state index contributed by atoms with van der Waals surface area (Å²) in [6, 6.07) is 4.23. The Kier molecular flexibility index (Phi) is 4.88. The molecule has 0 radical (unpaired) electrons. The normalized spacial score (nSPS) is 22.4. The molecule has 1 saturated heterocycles. The summed E-state index contributed by atoms with van der Waals surface area (Å²) >= 11 is 0. The maximum absolute atomic E-state index is 13.3. The van der Waals surface area contributed by atoms with Crippen LogP contribution in [0.3, 0.4) is 0 Å². The Hall–Kier alpha value is -1.00. The third-order valence-electron chi connectivity index (χ3n) is 4.04. The van der Waals surface area contributed by atoms with Crippen molar-refractivity contribution in [1.82, 2.24) is 4.90 Å². The van der Waals surface area contributed by atoms with Gasteiger partial charge in [0, 0.05) is 31.1 Å². The minimum absolute atomic E-state index is 0.00856. The van der Waals surface area contributed by atoms with Crippen LogP contribution in [-0.2, 0) is 0 Å². The van der Waals surface area contributed by atoms with Gasteiger partial charge in [-0.1, -0.05) is 6.42 Å². The van der Waals surface area contributed by atoms with E-state index >= 15 is 0 Å². The molecule has 1 aromatic rings. The molecule has 19 heavy (non-hydrogen) atoms. The standard InChI is InChI=1S/C15H22F2N2/c1-11-4-2-3-5-19(11)10-13(9-18)12-6-14(16)8-15(17)7-12/h6-8,11,13H,2-5,9-10,18H2,1H3. The van der Waals surface area contributed by atoms with Crippen molar-refractivity contribution in [2.24, 2.45) is 5.73 Å². The van der Waals surface area contributed by atoms with Crippen molar-refractivity contribution in [1.29, 1.82) is 0 Å². The minimum Gasteiger partial charge on any atom is -0.330 e. The fourth-order valence-electron chi connectivity index (χ4n) is 2.84. The van der Waals surface area contributed by atoms with Crippen molar-refractivity contribution in [2.45, 2.75) is 38.1 Å². The molecule has 0 amide bonds. The maximum atomic E-state index is 13.3. The molecule has 4 heteroatoms. The van der Waals surface area contributed by atoms with E-state index in [1.807, 2.05) is 0 Å². The van der Waals surface area contributed by atoms with E-state index in [0.717, 1.165) is 19.2 Å². The fourth-order valence-corrected chi connectivity index (χ4v) is 2.84. The van der Waals surface area contributed by atoms with Gasteiger partial charge in [0.2, 0.25) is 0 Å². The van der Waals surface area contributed by atoms with E-state index in [1.54, 1.807) is 0 Å². The van der Waals surface area contributed by atoms with Crippen LogP contribution in [-0.4, -0.2) is 30.6 Å². The van der Waals surface area contributed by atoms with Gasteiger partial charge in [0.15, 0.2) is 0 Å². The van der Waals surface area contributed by atoms with E-state index in [1.165, 1.54) is 31.4 Å². The highest BCUT2D eigenvalue weighted by Crippen LogP contribution is 2.23. The van der Waals surface area contributed by atoms with Crippen molar-refractivity contribution in [3.63, 3.8) is 0 Å². The molecule has 1 fully saturated rings. The smallest absolute Gasteiger partial charge is 0.126 e. The summed E-state index contributed by atoms with van der Waals surface area (Å²) in [6.07, 6.45) is 3.65. The predicted octanol–water partition coefficient (Wildman–Crippen LogP) is 2.88. The van der Waals surface area contributed by atoms with Gasteiger partial charge in [-0.05, 0) is 44.0 Å².